The SMILES string of the molecule is O=C(NCCC(F)(F)F)c1cc(S(=O)(=O)Cl)cn1C1CC1. The monoisotopic (exact) mass is 344 g/mol. The van der Waals surface area contributed by atoms with Crippen LogP contribution < -0.4 is 5.32 Å². The number of nitrogens with zero attached hydrogens (tertiary/aromatic N) is 1. The number of carbonyl (C=O) groups excluding carboxylic acids is 1. The summed E-state index contributed by atoms with van der Waals surface area (Å²) in [6.07, 6.45) is -2.73. The molecule has 0 saturated heterocycles. The Kier molecular flexibility index (Phi) is 4.25. The summed E-state index contributed by atoms with van der Waals surface area (Å²) in [7, 11) is 1.22. The molecule has 1 fully saturated rings. The van der Waals surface area contributed by atoms with E-state index in [1.807, 2.05) is 0 Å². The molecule has 1 aliphatic carbocycles. The van der Waals surface area contributed by atoms with Crippen LogP contribution in [0, 0.1) is 0 Å². The molecule has 2 rings (SSSR count). The molecule has 0 radical (unpaired) electrons. The number of carbonyl (C=O) groups is 1. The van der Waals surface area contributed by atoms with E-state index in [1.54, 1.807) is 0 Å². The van der Waals surface area contributed by atoms with E-state index in [0.717, 1.165) is 18.9 Å². The van der Waals surface area contributed by atoms with Gasteiger partial charge in [-0.1, -0.05) is 0 Å². The molecule has 1 N–H and O–H groups in total. The summed E-state index contributed by atoms with van der Waals surface area (Å²) < 4.78 is 60.1. The number of rotatable bonds is 5. The van der Waals surface area contributed by atoms with Gasteiger partial charge in [0.2, 0.25) is 0 Å². The zero-order valence-corrected chi connectivity index (χ0v) is 12.2. The van der Waals surface area contributed by atoms with E-state index >= 15 is 0 Å². The van der Waals surface area contributed by atoms with Crippen LogP contribution in [0.4, 0.5) is 13.2 Å². The summed E-state index contributed by atoms with van der Waals surface area (Å²) in [5, 5.41) is 2.13. The number of aromatic nitrogens is 1. The molecule has 118 valence electrons. The molecule has 21 heavy (non-hydrogen) atoms. The van der Waals surface area contributed by atoms with Crippen LogP contribution in [0.1, 0.15) is 35.8 Å². The number of amides is 1. The first-order valence-corrected chi connectivity index (χ1v) is 8.40. The van der Waals surface area contributed by atoms with E-state index in [4.69, 9.17) is 10.7 Å². The molecule has 1 aliphatic rings. The maximum Gasteiger partial charge on any atom is 0.390 e. The highest BCUT2D eigenvalue weighted by molar-refractivity contribution is 8.13. The molecule has 1 amide bonds. The third-order valence-corrected chi connectivity index (χ3v) is 4.29. The second kappa shape index (κ2) is 5.53. The highest BCUT2D eigenvalue weighted by Crippen LogP contribution is 2.37. The van der Waals surface area contributed by atoms with Crippen molar-refractivity contribution < 1.29 is 26.4 Å². The Hall–Kier alpha value is -1.22. The van der Waals surface area contributed by atoms with Crippen molar-refractivity contribution in [2.24, 2.45) is 0 Å². The van der Waals surface area contributed by atoms with E-state index < -0.39 is 34.1 Å². The van der Waals surface area contributed by atoms with Crippen molar-refractivity contribution in [1.29, 1.82) is 0 Å². The maximum absolute atomic E-state index is 12.0. The number of nitrogens with one attached hydrogen (secondary N) is 1. The van der Waals surface area contributed by atoms with Gasteiger partial charge in [-0.2, -0.15) is 13.2 Å². The first-order valence-electron chi connectivity index (χ1n) is 6.09. The molecular weight excluding hydrogens is 333 g/mol. The number of hydrogen-bond acceptors (Lipinski definition) is 3. The Morgan fingerprint density at radius 2 is 2.05 bits per heavy atom. The van der Waals surface area contributed by atoms with Gasteiger partial charge in [0, 0.05) is 29.5 Å². The summed E-state index contributed by atoms with van der Waals surface area (Å²) in [6, 6.07) is 1.06. The lowest BCUT2D eigenvalue weighted by Gasteiger charge is -2.09. The number of halogens is 4. The Labute approximate surface area is 123 Å². The van der Waals surface area contributed by atoms with E-state index in [-0.39, 0.29) is 16.6 Å². The Balaban J connectivity index is 2.14. The second-order valence-corrected chi connectivity index (χ2v) is 7.32. The van der Waals surface area contributed by atoms with Gasteiger partial charge in [0.05, 0.1) is 6.42 Å². The highest BCUT2D eigenvalue weighted by atomic mass is 35.7. The van der Waals surface area contributed by atoms with Gasteiger partial charge in [0.15, 0.2) is 0 Å². The molecule has 1 aromatic heterocycles. The van der Waals surface area contributed by atoms with Crippen LogP contribution in [0.15, 0.2) is 17.2 Å². The van der Waals surface area contributed by atoms with Gasteiger partial charge in [0.1, 0.15) is 10.6 Å². The van der Waals surface area contributed by atoms with Crippen LogP contribution >= 0.6 is 10.7 Å². The average molecular weight is 345 g/mol. The van der Waals surface area contributed by atoms with Crippen LogP contribution in [-0.2, 0) is 9.05 Å². The van der Waals surface area contributed by atoms with Crippen LogP contribution in [0.2, 0.25) is 0 Å². The van der Waals surface area contributed by atoms with Crippen LogP contribution in [0.3, 0.4) is 0 Å². The van der Waals surface area contributed by atoms with Gasteiger partial charge in [0.25, 0.3) is 15.0 Å². The summed E-state index contributed by atoms with van der Waals surface area (Å²) in [6.45, 7) is -0.568. The predicted octanol–water partition coefficient (Wildman–Crippen LogP) is 2.43. The van der Waals surface area contributed by atoms with Gasteiger partial charge in [-0.15, -0.1) is 0 Å². The minimum absolute atomic E-state index is 0.00102. The molecule has 5 nitrogen and oxygen atoms in total. The minimum Gasteiger partial charge on any atom is -0.350 e. The molecule has 0 aromatic carbocycles. The van der Waals surface area contributed by atoms with Crippen molar-refractivity contribution in [3.8, 4) is 0 Å². The fourth-order valence-electron chi connectivity index (χ4n) is 1.83. The van der Waals surface area contributed by atoms with E-state index in [1.165, 1.54) is 10.8 Å². The zero-order valence-electron chi connectivity index (χ0n) is 10.7. The van der Waals surface area contributed by atoms with Crippen molar-refractivity contribution in [3.63, 3.8) is 0 Å². The third kappa shape index (κ3) is 4.37. The van der Waals surface area contributed by atoms with Gasteiger partial charge < -0.3 is 9.88 Å². The topological polar surface area (TPSA) is 68.2 Å². The molecule has 0 atom stereocenters. The molecule has 0 bridgehead atoms. The van der Waals surface area contributed by atoms with Crippen molar-refractivity contribution in [2.45, 2.75) is 36.4 Å². The Bertz CT molecular complexity index is 650. The standard InChI is InChI=1S/C11H12ClF3N2O3S/c12-21(19,20)8-5-9(17(6-8)7-1-2-7)10(18)16-4-3-11(13,14)15/h5-7H,1-4H2,(H,16,18). The smallest absolute Gasteiger partial charge is 0.350 e. The van der Waals surface area contributed by atoms with Crippen molar-refractivity contribution in [3.05, 3.63) is 18.0 Å². The quantitative estimate of drug-likeness (QED) is 0.834. The number of hydrogen-bond donors (Lipinski definition) is 1. The lowest BCUT2D eigenvalue weighted by molar-refractivity contribution is -0.133. The predicted molar refractivity (Wildman–Crippen MR) is 68.7 cm³/mol. The molecular formula is C11H12ClF3N2O3S. The molecule has 1 saturated carbocycles. The molecule has 0 spiro atoms. The van der Waals surface area contributed by atoms with Crippen molar-refractivity contribution in [2.75, 3.05) is 6.54 Å². The third-order valence-electron chi connectivity index (χ3n) is 2.97. The first-order chi connectivity index (χ1) is 9.58. The van der Waals surface area contributed by atoms with E-state index in [9.17, 15) is 26.4 Å². The second-order valence-electron chi connectivity index (χ2n) is 4.76. The largest absolute Gasteiger partial charge is 0.390 e. The lowest BCUT2D eigenvalue weighted by Crippen LogP contribution is -2.29. The fraction of sp³-hybridized carbons (Fsp3) is 0.545. The first kappa shape index (κ1) is 16.2. The van der Waals surface area contributed by atoms with Crippen molar-refractivity contribution in [1.82, 2.24) is 9.88 Å². The van der Waals surface area contributed by atoms with Crippen LogP contribution in [-0.4, -0.2) is 31.6 Å². The lowest BCUT2D eigenvalue weighted by atomic mass is 10.3. The molecule has 0 unspecified atom stereocenters. The van der Waals surface area contributed by atoms with Gasteiger partial charge in [-0.25, -0.2) is 8.42 Å². The van der Waals surface area contributed by atoms with E-state index in [0.29, 0.717) is 0 Å². The molecule has 1 aromatic rings. The van der Waals surface area contributed by atoms with Gasteiger partial charge in [-0.3, -0.25) is 4.79 Å². The molecule has 10 heteroatoms. The average Bonchev–Trinajstić information content (AvgIpc) is 3.04. The van der Waals surface area contributed by atoms with Crippen LogP contribution in [0.25, 0.3) is 0 Å². The van der Waals surface area contributed by atoms with Gasteiger partial charge in [-0.05, 0) is 18.9 Å². The summed E-state index contributed by atoms with van der Waals surface area (Å²) in [4.78, 5) is 11.6. The van der Waals surface area contributed by atoms with Gasteiger partial charge >= 0.3 is 6.18 Å². The highest BCUT2D eigenvalue weighted by Gasteiger charge is 2.31. The Morgan fingerprint density at radius 3 is 2.52 bits per heavy atom. The minimum atomic E-state index is -4.36. The fourth-order valence-corrected chi connectivity index (χ4v) is 2.58. The molecule has 1 heterocycles. The molecule has 0 aliphatic heterocycles. The zero-order chi connectivity index (χ0) is 15.8. The summed E-state index contributed by atoms with van der Waals surface area (Å²) in [5.74, 6) is -0.752. The van der Waals surface area contributed by atoms with Crippen molar-refractivity contribution >= 4 is 25.6 Å². The maximum atomic E-state index is 12.0. The Morgan fingerprint density at radius 1 is 1.43 bits per heavy atom. The normalized spacial score (nSPS) is 16.0. The van der Waals surface area contributed by atoms with Crippen LogP contribution in [0.5, 0.6) is 0 Å². The van der Waals surface area contributed by atoms with E-state index in [2.05, 4.69) is 5.32 Å². The summed E-state index contributed by atoms with van der Waals surface area (Å²) in [5.41, 5.74) is -0.00102. The summed E-state index contributed by atoms with van der Waals surface area (Å²) >= 11 is 0. The number of alkyl halides is 3.